The van der Waals surface area contributed by atoms with Gasteiger partial charge >= 0.3 is 0 Å². The van der Waals surface area contributed by atoms with Gasteiger partial charge in [0.05, 0.1) is 12.2 Å². The molecule has 3 heterocycles. The highest BCUT2D eigenvalue weighted by atomic mass is 16.5. The minimum atomic E-state index is 0. The number of likely N-dealkylation sites (N-methyl/N-ethyl adjacent to an activating group) is 1. The van der Waals surface area contributed by atoms with Gasteiger partial charge in [0.2, 0.25) is 0 Å². The summed E-state index contributed by atoms with van der Waals surface area (Å²) in [5.74, 6) is 1.80. The molecule has 2 atom stereocenters. The zero-order valence-corrected chi connectivity index (χ0v) is 10.9. The van der Waals surface area contributed by atoms with E-state index in [2.05, 4.69) is 34.9 Å². The molecule has 3 aliphatic rings. The number of fused-ring (bicyclic) bond motifs is 3. The molecule has 0 spiro atoms. The highest BCUT2D eigenvalue weighted by Gasteiger charge is 2.43. The van der Waals surface area contributed by atoms with Gasteiger partial charge in [0.15, 0.2) is 0 Å². The molecule has 0 radical (unpaired) electrons. The predicted molar refractivity (Wildman–Crippen MR) is 76.8 cm³/mol. The molecule has 100 valence electrons. The molecule has 0 amide bonds. The number of piperidine rings is 1. The van der Waals surface area contributed by atoms with Gasteiger partial charge in [-0.1, -0.05) is 19.1 Å². The maximum Gasteiger partial charge on any atom is 0.142 e. The number of rotatable bonds is 1. The maximum atomic E-state index is 5.82. The van der Waals surface area contributed by atoms with Gasteiger partial charge in [-0.2, -0.15) is 0 Å². The van der Waals surface area contributed by atoms with E-state index in [-0.39, 0.29) is 2.85 Å². The smallest absolute Gasteiger partial charge is 0.142 e. The molecule has 3 aliphatic heterocycles. The van der Waals surface area contributed by atoms with E-state index in [1.54, 1.807) is 0 Å². The summed E-state index contributed by atoms with van der Waals surface area (Å²) in [6.07, 6.45) is 1.30. The van der Waals surface area contributed by atoms with Crippen molar-refractivity contribution in [2.75, 3.05) is 37.7 Å². The van der Waals surface area contributed by atoms with Gasteiger partial charge in [0.25, 0.3) is 0 Å². The quantitative estimate of drug-likeness (QED) is 0.759. The first-order valence-corrected chi connectivity index (χ1v) is 7.13. The molecule has 0 aromatic heterocycles. The average Bonchev–Trinajstić information content (AvgIpc) is 2.76. The standard InChI is InChI=1S/C15H20N2O.2H2/c1-2-16-7-6-13-12(10-16)11-4-3-5-14-15(11)17(13)8-9-18-14;;/h3-5,12-13H,2,6-10H2,1H3;2*1H. The van der Waals surface area contributed by atoms with Crippen LogP contribution in [0, 0.1) is 0 Å². The third-order valence-electron chi connectivity index (χ3n) is 4.81. The van der Waals surface area contributed by atoms with Gasteiger partial charge in [-0.15, -0.1) is 0 Å². The van der Waals surface area contributed by atoms with Crippen LogP contribution in [0.1, 0.15) is 27.7 Å². The van der Waals surface area contributed by atoms with Crippen LogP contribution in [-0.2, 0) is 0 Å². The maximum absolute atomic E-state index is 5.82. The normalized spacial score (nSPS) is 29.7. The number of hydrogen-bond donors (Lipinski definition) is 0. The fourth-order valence-electron chi connectivity index (χ4n) is 3.93. The van der Waals surface area contributed by atoms with Gasteiger partial charge in [0.1, 0.15) is 12.4 Å². The summed E-state index contributed by atoms with van der Waals surface area (Å²) >= 11 is 0. The van der Waals surface area contributed by atoms with Gasteiger partial charge in [-0.25, -0.2) is 0 Å². The molecule has 0 saturated carbocycles. The van der Waals surface area contributed by atoms with Crippen molar-refractivity contribution in [3.63, 3.8) is 0 Å². The van der Waals surface area contributed by atoms with Crippen molar-refractivity contribution in [2.45, 2.75) is 25.3 Å². The van der Waals surface area contributed by atoms with Crippen LogP contribution in [0.3, 0.4) is 0 Å². The van der Waals surface area contributed by atoms with Gasteiger partial charge in [-0.3, -0.25) is 0 Å². The SMILES string of the molecule is CCN1CCC2C(C1)c1cccc3c1N2CCO3.[HH].[HH]. The minimum Gasteiger partial charge on any atom is -0.490 e. The van der Waals surface area contributed by atoms with E-state index in [4.69, 9.17) is 4.74 Å². The van der Waals surface area contributed by atoms with E-state index in [1.807, 2.05) is 0 Å². The monoisotopic (exact) mass is 248 g/mol. The van der Waals surface area contributed by atoms with Crippen LogP contribution >= 0.6 is 0 Å². The van der Waals surface area contributed by atoms with Crippen LogP contribution in [0.25, 0.3) is 0 Å². The lowest BCUT2D eigenvalue weighted by atomic mass is 9.89. The van der Waals surface area contributed by atoms with Crippen molar-refractivity contribution < 1.29 is 7.59 Å². The first-order valence-electron chi connectivity index (χ1n) is 7.13. The third kappa shape index (κ3) is 1.34. The molecule has 1 aromatic carbocycles. The van der Waals surface area contributed by atoms with Gasteiger partial charge in [0, 0.05) is 27.9 Å². The summed E-state index contributed by atoms with van der Waals surface area (Å²) in [7, 11) is 0. The number of nitrogens with zero attached hydrogens (tertiary/aromatic N) is 2. The second-order valence-electron chi connectivity index (χ2n) is 5.59. The Kier molecular flexibility index (Phi) is 2.31. The summed E-state index contributed by atoms with van der Waals surface area (Å²) in [6.45, 7) is 7.82. The third-order valence-corrected chi connectivity index (χ3v) is 4.81. The predicted octanol–water partition coefficient (Wildman–Crippen LogP) is 2.57. The first kappa shape index (κ1) is 10.7. The van der Waals surface area contributed by atoms with E-state index in [1.165, 1.54) is 37.3 Å². The first-order chi connectivity index (χ1) is 8.88. The molecule has 2 unspecified atom stereocenters. The number of hydrogen-bond acceptors (Lipinski definition) is 3. The molecule has 0 N–H and O–H groups in total. The molecule has 4 rings (SSSR count). The Hall–Kier alpha value is -1.22. The summed E-state index contributed by atoms with van der Waals surface area (Å²) in [5.41, 5.74) is 2.92. The van der Waals surface area contributed by atoms with Crippen molar-refractivity contribution in [3.05, 3.63) is 23.8 Å². The van der Waals surface area contributed by atoms with Gasteiger partial charge in [-0.05, 0) is 24.6 Å². The van der Waals surface area contributed by atoms with E-state index in [9.17, 15) is 0 Å². The largest absolute Gasteiger partial charge is 0.490 e. The Labute approximate surface area is 111 Å². The Morgan fingerprint density at radius 2 is 2.33 bits per heavy atom. The topological polar surface area (TPSA) is 15.7 Å². The Balaban J connectivity index is 0.000000735. The minimum absolute atomic E-state index is 0. The summed E-state index contributed by atoms with van der Waals surface area (Å²) in [5, 5.41) is 0. The average molecular weight is 248 g/mol. The fraction of sp³-hybridized carbons (Fsp3) is 0.600. The van der Waals surface area contributed by atoms with Crippen molar-refractivity contribution >= 4 is 5.69 Å². The van der Waals surface area contributed by atoms with Crippen molar-refractivity contribution in [3.8, 4) is 5.75 Å². The lowest BCUT2D eigenvalue weighted by Crippen LogP contribution is -2.47. The zero-order valence-electron chi connectivity index (χ0n) is 10.9. The number of anilines is 1. The summed E-state index contributed by atoms with van der Waals surface area (Å²) < 4.78 is 5.82. The highest BCUT2D eigenvalue weighted by molar-refractivity contribution is 5.71. The lowest BCUT2D eigenvalue weighted by Gasteiger charge is -2.39. The number of likely N-dealkylation sites (tertiary alicyclic amines) is 1. The van der Waals surface area contributed by atoms with E-state index in [0.29, 0.717) is 12.0 Å². The molecular weight excluding hydrogens is 224 g/mol. The molecule has 3 nitrogen and oxygen atoms in total. The molecule has 1 fully saturated rings. The molecule has 1 aromatic rings. The van der Waals surface area contributed by atoms with E-state index in [0.717, 1.165) is 18.9 Å². The van der Waals surface area contributed by atoms with Crippen molar-refractivity contribution in [1.29, 1.82) is 0 Å². The number of benzene rings is 1. The Morgan fingerprint density at radius 1 is 1.39 bits per heavy atom. The number of para-hydroxylation sites is 1. The molecular formula is C15H24N2O. The molecule has 0 bridgehead atoms. The summed E-state index contributed by atoms with van der Waals surface area (Å²) in [4.78, 5) is 5.20. The fourth-order valence-corrected chi connectivity index (χ4v) is 3.93. The van der Waals surface area contributed by atoms with Crippen LogP contribution in [0.4, 0.5) is 5.69 Å². The van der Waals surface area contributed by atoms with E-state index < -0.39 is 0 Å². The van der Waals surface area contributed by atoms with Crippen molar-refractivity contribution in [1.82, 2.24) is 4.90 Å². The Bertz CT molecular complexity index is 483. The zero-order chi connectivity index (χ0) is 12.1. The second-order valence-corrected chi connectivity index (χ2v) is 5.59. The molecule has 18 heavy (non-hydrogen) atoms. The van der Waals surface area contributed by atoms with Crippen LogP contribution in [0.2, 0.25) is 0 Å². The highest BCUT2D eigenvalue weighted by Crippen LogP contribution is 2.50. The Morgan fingerprint density at radius 3 is 3.22 bits per heavy atom. The van der Waals surface area contributed by atoms with E-state index >= 15 is 0 Å². The van der Waals surface area contributed by atoms with Crippen LogP contribution in [0.5, 0.6) is 5.75 Å². The van der Waals surface area contributed by atoms with Gasteiger partial charge < -0.3 is 14.5 Å². The number of ether oxygens (including phenoxy) is 1. The van der Waals surface area contributed by atoms with Crippen molar-refractivity contribution in [2.24, 2.45) is 0 Å². The molecule has 0 aliphatic carbocycles. The van der Waals surface area contributed by atoms with Crippen LogP contribution < -0.4 is 9.64 Å². The van der Waals surface area contributed by atoms with Crippen LogP contribution in [-0.4, -0.2) is 43.7 Å². The molecule has 3 heteroatoms. The summed E-state index contributed by atoms with van der Waals surface area (Å²) in [6, 6.07) is 7.31. The van der Waals surface area contributed by atoms with Crippen LogP contribution in [0.15, 0.2) is 18.2 Å². The molecule has 1 saturated heterocycles. The lowest BCUT2D eigenvalue weighted by molar-refractivity contribution is 0.198. The second kappa shape index (κ2) is 3.89.